The lowest BCUT2D eigenvalue weighted by molar-refractivity contribution is -0.123. The fourth-order valence-electron chi connectivity index (χ4n) is 4.98. The number of hydrogen-bond donors (Lipinski definition) is 2. The predicted molar refractivity (Wildman–Crippen MR) is 117 cm³/mol. The van der Waals surface area contributed by atoms with Crippen LogP contribution in [0, 0.1) is 11.2 Å². The Balaban J connectivity index is 1.42. The van der Waals surface area contributed by atoms with Gasteiger partial charge in [0.25, 0.3) is 0 Å². The number of hydrogen-bond acceptors (Lipinski definition) is 4. The molecular weight excluding hydrogens is 399 g/mol. The van der Waals surface area contributed by atoms with Gasteiger partial charge in [-0.1, -0.05) is 19.9 Å². The van der Waals surface area contributed by atoms with E-state index in [1.165, 1.54) is 4.90 Å². The first kappa shape index (κ1) is 21.9. The van der Waals surface area contributed by atoms with Crippen LogP contribution >= 0.6 is 0 Å². The molecule has 1 aromatic carbocycles. The molecule has 3 saturated heterocycles. The van der Waals surface area contributed by atoms with Gasteiger partial charge in [0, 0.05) is 37.4 Å². The molecule has 0 aliphatic carbocycles. The van der Waals surface area contributed by atoms with Crippen molar-refractivity contribution >= 4 is 17.7 Å². The first-order chi connectivity index (χ1) is 14.6. The Morgan fingerprint density at radius 3 is 2.42 bits per heavy atom. The fourth-order valence-corrected chi connectivity index (χ4v) is 4.98. The van der Waals surface area contributed by atoms with Gasteiger partial charge in [-0.25, -0.2) is 9.18 Å². The summed E-state index contributed by atoms with van der Waals surface area (Å²) in [6.07, 6.45) is 2.44. The van der Waals surface area contributed by atoms with Gasteiger partial charge in [0.1, 0.15) is 5.82 Å². The Morgan fingerprint density at radius 2 is 1.81 bits per heavy atom. The highest BCUT2D eigenvalue weighted by molar-refractivity contribution is 5.84. The van der Waals surface area contributed by atoms with Crippen LogP contribution in [-0.4, -0.2) is 71.7 Å². The second kappa shape index (κ2) is 8.30. The maximum absolute atomic E-state index is 15.0. The molecule has 2 amide bonds. The van der Waals surface area contributed by atoms with Gasteiger partial charge in [0.05, 0.1) is 12.1 Å². The van der Waals surface area contributed by atoms with Crippen LogP contribution in [0.2, 0.25) is 0 Å². The molecule has 170 valence electrons. The maximum atomic E-state index is 15.0. The van der Waals surface area contributed by atoms with Crippen molar-refractivity contribution in [3.63, 3.8) is 0 Å². The summed E-state index contributed by atoms with van der Waals surface area (Å²) in [7, 11) is 0. The number of carboxylic acid groups (broad SMARTS) is 1. The van der Waals surface area contributed by atoms with Crippen molar-refractivity contribution in [3.8, 4) is 0 Å². The third-order valence-corrected chi connectivity index (χ3v) is 7.23. The van der Waals surface area contributed by atoms with Gasteiger partial charge in [0.15, 0.2) is 0 Å². The Morgan fingerprint density at radius 1 is 1.13 bits per heavy atom. The standard InChI is InChI=1S/C23H33FN4O3/c1-22(2)5-9-26(10-6-22)14-17-3-4-18(13-19(17)24)28-15-20(29)25-23(16-28)7-11-27(12-8-23)21(30)31/h3-4,13H,5-12,14-16H2,1-2H3,(H,25,29)(H,30,31). The number of nitrogens with one attached hydrogen (secondary N) is 1. The average molecular weight is 433 g/mol. The molecule has 4 rings (SSSR count). The Bertz CT molecular complexity index is 841. The zero-order valence-corrected chi connectivity index (χ0v) is 18.5. The van der Waals surface area contributed by atoms with Gasteiger partial charge in [-0.2, -0.15) is 0 Å². The zero-order valence-electron chi connectivity index (χ0n) is 18.5. The van der Waals surface area contributed by atoms with E-state index in [1.807, 2.05) is 17.0 Å². The molecule has 3 aliphatic rings. The Hall–Kier alpha value is -2.35. The summed E-state index contributed by atoms with van der Waals surface area (Å²) in [4.78, 5) is 29.2. The topological polar surface area (TPSA) is 76.1 Å². The van der Waals surface area contributed by atoms with Gasteiger partial charge in [-0.3, -0.25) is 9.69 Å². The van der Waals surface area contributed by atoms with Crippen molar-refractivity contribution in [1.82, 2.24) is 15.1 Å². The number of anilines is 1. The molecule has 7 nitrogen and oxygen atoms in total. The molecule has 0 atom stereocenters. The van der Waals surface area contributed by atoms with Crippen molar-refractivity contribution in [1.29, 1.82) is 0 Å². The lowest BCUT2D eigenvalue weighted by Crippen LogP contribution is -2.66. The summed E-state index contributed by atoms with van der Waals surface area (Å²) in [5.41, 5.74) is 1.30. The number of rotatable bonds is 3. The van der Waals surface area contributed by atoms with Gasteiger partial charge in [0.2, 0.25) is 5.91 Å². The van der Waals surface area contributed by atoms with Gasteiger partial charge < -0.3 is 20.2 Å². The van der Waals surface area contributed by atoms with Crippen molar-refractivity contribution in [2.24, 2.45) is 5.41 Å². The minimum absolute atomic E-state index is 0.101. The van der Waals surface area contributed by atoms with Crippen LogP contribution < -0.4 is 10.2 Å². The highest BCUT2D eigenvalue weighted by atomic mass is 19.1. The third kappa shape index (κ3) is 4.95. The molecule has 0 bridgehead atoms. The third-order valence-electron chi connectivity index (χ3n) is 7.23. The molecule has 0 aromatic heterocycles. The first-order valence-corrected chi connectivity index (χ1v) is 11.2. The van der Waals surface area contributed by atoms with Gasteiger partial charge in [-0.05, 0) is 56.3 Å². The minimum atomic E-state index is -0.927. The molecule has 3 heterocycles. The van der Waals surface area contributed by atoms with E-state index < -0.39 is 11.6 Å². The molecule has 31 heavy (non-hydrogen) atoms. The van der Waals surface area contributed by atoms with E-state index in [9.17, 15) is 19.1 Å². The molecule has 1 spiro atoms. The van der Waals surface area contributed by atoms with Crippen LogP contribution in [0.1, 0.15) is 45.1 Å². The number of benzene rings is 1. The summed E-state index contributed by atoms with van der Waals surface area (Å²) >= 11 is 0. The minimum Gasteiger partial charge on any atom is -0.465 e. The van der Waals surface area contributed by atoms with Crippen molar-refractivity contribution < 1.29 is 19.1 Å². The van der Waals surface area contributed by atoms with Crippen LogP contribution in [0.15, 0.2) is 18.2 Å². The average Bonchev–Trinajstić information content (AvgIpc) is 2.70. The van der Waals surface area contributed by atoms with E-state index in [0.717, 1.165) is 25.9 Å². The number of carbonyl (C=O) groups excluding carboxylic acids is 1. The van der Waals surface area contributed by atoms with Crippen LogP contribution in [0.3, 0.4) is 0 Å². The van der Waals surface area contributed by atoms with E-state index in [1.54, 1.807) is 6.07 Å². The lowest BCUT2D eigenvalue weighted by atomic mass is 9.82. The molecular formula is C23H33FN4O3. The SMILES string of the molecule is CC1(C)CCN(Cc2ccc(N3CC(=O)NC4(CCN(C(=O)O)CC4)C3)cc2F)CC1. The normalized spacial score (nSPS) is 23.6. The molecule has 1 aromatic rings. The zero-order chi connectivity index (χ0) is 22.2. The quantitative estimate of drug-likeness (QED) is 0.768. The van der Waals surface area contributed by atoms with Crippen LogP contribution in [-0.2, 0) is 11.3 Å². The van der Waals surface area contributed by atoms with Crippen molar-refractivity contribution in [2.75, 3.05) is 44.2 Å². The molecule has 8 heteroatoms. The smallest absolute Gasteiger partial charge is 0.407 e. The van der Waals surface area contributed by atoms with Crippen LogP contribution in [0.5, 0.6) is 0 Å². The highest BCUT2D eigenvalue weighted by Crippen LogP contribution is 2.32. The Labute approximate surface area is 183 Å². The van der Waals surface area contributed by atoms with E-state index >= 15 is 0 Å². The van der Waals surface area contributed by atoms with Crippen LogP contribution in [0.4, 0.5) is 14.9 Å². The molecule has 3 aliphatic heterocycles. The van der Waals surface area contributed by atoms with Crippen molar-refractivity contribution in [2.45, 2.75) is 51.6 Å². The summed E-state index contributed by atoms with van der Waals surface area (Å²) in [5.74, 6) is -0.335. The van der Waals surface area contributed by atoms with E-state index in [2.05, 4.69) is 24.1 Å². The van der Waals surface area contributed by atoms with Crippen molar-refractivity contribution in [3.05, 3.63) is 29.6 Å². The first-order valence-electron chi connectivity index (χ1n) is 11.2. The number of piperidine rings is 2. The second-order valence-corrected chi connectivity index (χ2v) is 10.2. The summed E-state index contributed by atoms with van der Waals surface area (Å²) in [6.45, 7) is 8.67. The maximum Gasteiger partial charge on any atom is 0.407 e. The van der Waals surface area contributed by atoms with E-state index in [-0.39, 0.29) is 18.3 Å². The van der Waals surface area contributed by atoms with E-state index in [4.69, 9.17) is 0 Å². The molecule has 2 N–H and O–H groups in total. The van der Waals surface area contributed by atoms with Gasteiger partial charge >= 0.3 is 6.09 Å². The number of carbonyl (C=O) groups is 2. The number of piperazine rings is 1. The summed E-state index contributed by atoms with van der Waals surface area (Å²) < 4.78 is 15.0. The number of likely N-dealkylation sites (tertiary alicyclic amines) is 2. The molecule has 0 unspecified atom stereocenters. The molecule has 3 fully saturated rings. The van der Waals surface area contributed by atoms with Crippen LogP contribution in [0.25, 0.3) is 0 Å². The largest absolute Gasteiger partial charge is 0.465 e. The second-order valence-electron chi connectivity index (χ2n) is 10.2. The lowest BCUT2D eigenvalue weighted by Gasteiger charge is -2.48. The number of halogens is 1. The predicted octanol–water partition coefficient (Wildman–Crippen LogP) is 2.90. The number of amides is 2. The highest BCUT2D eigenvalue weighted by Gasteiger charge is 2.42. The summed E-state index contributed by atoms with van der Waals surface area (Å²) in [5, 5.41) is 12.3. The van der Waals surface area contributed by atoms with E-state index in [0.29, 0.717) is 55.7 Å². The molecule has 0 saturated carbocycles. The van der Waals surface area contributed by atoms with Gasteiger partial charge in [-0.15, -0.1) is 0 Å². The Kier molecular flexibility index (Phi) is 5.85. The fraction of sp³-hybridized carbons (Fsp3) is 0.652. The number of nitrogens with zero attached hydrogens (tertiary/aromatic N) is 3. The summed E-state index contributed by atoms with van der Waals surface area (Å²) in [6, 6.07) is 5.30. The monoisotopic (exact) mass is 432 g/mol. The molecule has 0 radical (unpaired) electrons.